The zero-order valence-electron chi connectivity index (χ0n) is 13.4. The van der Waals surface area contributed by atoms with E-state index in [0.29, 0.717) is 6.61 Å². The molecule has 0 spiro atoms. The number of benzene rings is 1. The van der Waals surface area contributed by atoms with Gasteiger partial charge in [0.25, 0.3) is 0 Å². The predicted octanol–water partition coefficient (Wildman–Crippen LogP) is 3.13. The lowest BCUT2D eigenvalue weighted by Crippen LogP contribution is -2.15. The molecule has 2 N–H and O–H groups in total. The largest absolute Gasteiger partial charge is 0.493 e. The lowest BCUT2D eigenvalue weighted by atomic mass is 10.2. The van der Waals surface area contributed by atoms with Gasteiger partial charge in [-0.05, 0) is 38.3 Å². The second-order valence-electron chi connectivity index (χ2n) is 5.07. The zero-order chi connectivity index (χ0) is 15.3. The summed E-state index contributed by atoms with van der Waals surface area (Å²) in [5, 5.41) is 12.2. The molecule has 1 rings (SSSR count). The summed E-state index contributed by atoms with van der Waals surface area (Å²) >= 11 is 0. The molecule has 0 saturated heterocycles. The van der Waals surface area contributed by atoms with Gasteiger partial charge in [-0.25, -0.2) is 0 Å². The summed E-state index contributed by atoms with van der Waals surface area (Å²) in [5.41, 5.74) is 1.15. The van der Waals surface area contributed by atoms with Crippen molar-refractivity contribution >= 4 is 0 Å². The van der Waals surface area contributed by atoms with Crippen molar-refractivity contribution in [1.29, 1.82) is 0 Å². The van der Waals surface area contributed by atoms with E-state index in [1.165, 1.54) is 0 Å². The van der Waals surface area contributed by atoms with Gasteiger partial charge in [0.2, 0.25) is 0 Å². The minimum atomic E-state index is 0.216. The van der Waals surface area contributed by atoms with Crippen molar-refractivity contribution in [2.45, 2.75) is 46.1 Å². The first-order valence-electron chi connectivity index (χ1n) is 8.01. The molecule has 0 aliphatic rings. The van der Waals surface area contributed by atoms with Gasteiger partial charge in [0.15, 0.2) is 0 Å². The minimum absolute atomic E-state index is 0.216. The van der Waals surface area contributed by atoms with Crippen molar-refractivity contribution in [2.24, 2.45) is 0 Å². The van der Waals surface area contributed by atoms with Gasteiger partial charge in [0, 0.05) is 24.8 Å². The topological polar surface area (TPSA) is 50.7 Å². The first-order valence-corrected chi connectivity index (χ1v) is 8.01. The van der Waals surface area contributed by atoms with Crippen molar-refractivity contribution < 1.29 is 14.6 Å². The Bertz CT molecular complexity index is 382. The molecule has 4 nitrogen and oxygen atoms in total. The zero-order valence-corrected chi connectivity index (χ0v) is 13.4. The van der Waals surface area contributed by atoms with Gasteiger partial charge in [-0.15, -0.1) is 0 Å². The maximum atomic E-state index is 8.82. The van der Waals surface area contributed by atoms with E-state index < -0.39 is 0 Å². The smallest absolute Gasteiger partial charge is 0.127 e. The number of hydrogen-bond acceptors (Lipinski definition) is 4. The Morgan fingerprint density at radius 2 is 1.90 bits per heavy atom. The molecule has 4 heteroatoms. The molecule has 0 saturated carbocycles. The van der Waals surface area contributed by atoms with Gasteiger partial charge in [-0.3, -0.25) is 0 Å². The Labute approximate surface area is 128 Å². The van der Waals surface area contributed by atoms with Crippen LogP contribution in [-0.4, -0.2) is 31.5 Å². The summed E-state index contributed by atoms with van der Waals surface area (Å²) in [6, 6.07) is 6.03. The number of hydrogen-bond donors (Lipinski definition) is 2. The third-order valence-corrected chi connectivity index (χ3v) is 3.06. The van der Waals surface area contributed by atoms with Gasteiger partial charge < -0.3 is 19.9 Å². The number of unbranched alkanes of at least 4 members (excludes halogenated alkanes) is 1. The van der Waals surface area contributed by atoms with E-state index in [-0.39, 0.29) is 6.61 Å². The Kier molecular flexibility index (Phi) is 9.66. The quantitative estimate of drug-likeness (QED) is 0.582. The van der Waals surface area contributed by atoms with Gasteiger partial charge in [-0.2, -0.15) is 0 Å². The second-order valence-corrected chi connectivity index (χ2v) is 5.07. The van der Waals surface area contributed by atoms with Crippen molar-refractivity contribution in [3.05, 3.63) is 23.8 Å². The van der Waals surface area contributed by atoms with E-state index in [1.807, 2.05) is 12.1 Å². The maximum Gasteiger partial charge on any atom is 0.127 e. The van der Waals surface area contributed by atoms with E-state index in [2.05, 4.69) is 25.2 Å². The first kappa shape index (κ1) is 17.8. The molecule has 0 heterocycles. The first-order chi connectivity index (χ1) is 10.3. The number of aliphatic hydroxyl groups is 1. The van der Waals surface area contributed by atoms with Crippen LogP contribution in [0.1, 0.15) is 45.1 Å². The summed E-state index contributed by atoms with van der Waals surface area (Å²) in [6.45, 7) is 7.61. The number of nitrogens with one attached hydrogen (secondary N) is 1. The normalized spacial score (nSPS) is 10.6. The van der Waals surface area contributed by atoms with E-state index in [1.54, 1.807) is 0 Å². The summed E-state index contributed by atoms with van der Waals surface area (Å²) in [4.78, 5) is 0. The van der Waals surface area contributed by atoms with Crippen LogP contribution in [0.2, 0.25) is 0 Å². The van der Waals surface area contributed by atoms with Crippen LogP contribution in [0.25, 0.3) is 0 Å². The highest BCUT2D eigenvalue weighted by Gasteiger charge is 2.06. The molecule has 1 aromatic carbocycles. The summed E-state index contributed by atoms with van der Waals surface area (Å²) in [7, 11) is 0. The fourth-order valence-electron chi connectivity index (χ4n) is 1.92. The second kappa shape index (κ2) is 11.4. The predicted molar refractivity (Wildman–Crippen MR) is 86.0 cm³/mol. The van der Waals surface area contributed by atoms with E-state index >= 15 is 0 Å². The average Bonchev–Trinajstić information content (AvgIpc) is 2.51. The molecular weight excluding hydrogens is 266 g/mol. The highest BCUT2D eigenvalue weighted by Crippen LogP contribution is 2.25. The van der Waals surface area contributed by atoms with Crippen LogP contribution in [0.15, 0.2) is 18.2 Å². The van der Waals surface area contributed by atoms with E-state index in [9.17, 15) is 0 Å². The van der Waals surface area contributed by atoms with Gasteiger partial charge >= 0.3 is 0 Å². The van der Waals surface area contributed by atoms with Crippen LogP contribution in [0.3, 0.4) is 0 Å². The Morgan fingerprint density at radius 1 is 1.05 bits per heavy atom. The van der Waals surface area contributed by atoms with Gasteiger partial charge in [0.05, 0.1) is 13.2 Å². The summed E-state index contributed by atoms with van der Waals surface area (Å²) < 4.78 is 11.5. The lowest BCUT2D eigenvalue weighted by molar-refractivity contribution is 0.250. The van der Waals surface area contributed by atoms with Crippen LogP contribution in [0.4, 0.5) is 0 Å². The van der Waals surface area contributed by atoms with Crippen molar-refractivity contribution in [2.75, 3.05) is 26.4 Å². The van der Waals surface area contributed by atoms with Gasteiger partial charge in [-0.1, -0.05) is 19.9 Å². The standard InChI is InChI=1S/C17H29NO3/c1-3-9-18-14-15-7-8-16(20-11-4-2)13-17(15)21-12-6-5-10-19/h7-8,13,18-19H,3-6,9-12,14H2,1-2H3. The minimum Gasteiger partial charge on any atom is -0.493 e. The molecule has 0 amide bonds. The molecule has 120 valence electrons. The van der Waals surface area contributed by atoms with E-state index in [4.69, 9.17) is 14.6 Å². The number of ether oxygens (including phenoxy) is 2. The molecule has 21 heavy (non-hydrogen) atoms. The molecule has 0 aliphatic carbocycles. The van der Waals surface area contributed by atoms with Crippen LogP contribution in [0, 0.1) is 0 Å². The highest BCUT2D eigenvalue weighted by molar-refractivity contribution is 5.40. The number of aliphatic hydroxyl groups excluding tert-OH is 1. The summed E-state index contributed by atoms with van der Waals surface area (Å²) in [5.74, 6) is 1.73. The highest BCUT2D eigenvalue weighted by atomic mass is 16.5. The van der Waals surface area contributed by atoms with Crippen LogP contribution in [0.5, 0.6) is 11.5 Å². The molecule has 0 bridgehead atoms. The van der Waals surface area contributed by atoms with Crippen molar-refractivity contribution in [1.82, 2.24) is 5.32 Å². The molecule has 0 atom stereocenters. The maximum absolute atomic E-state index is 8.82. The molecule has 0 fully saturated rings. The van der Waals surface area contributed by atoms with Crippen molar-refractivity contribution in [3.63, 3.8) is 0 Å². The lowest BCUT2D eigenvalue weighted by Gasteiger charge is -2.14. The monoisotopic (exact) mass is 295 g/mol. The molecule has 0 radical (unpaired) electrons. The van der Waals surface area contributed by atoms with Crippen LogP contribution >= 0.6 is 0 Å². The molecule has 0 aliphatic heterocycles. The molecule has 0 aromatic heterocycles. The third kappa shape index (κ3) is 7.34. The molecular formula is C17H29NO3. The van der Waals surface area contributed by atoms with Crippen LogP contribution in [-0.2, 0) is 6.54 Å². The van der Waals surface area contributed by atoms with E-state index in [0.717, 1.165) is 62.4 Å². The summed E-state index contributed by atoms with van der Waals surface area (Å²) in [6.07, 6.45) is 3.74. The Morgan fingerprint density at radius 3 is 2.62 bits per heavy atom. The van der Waals surface area contributed by atoms with Crippen molar-refractivity contribution in [3.8, 4) is 11.5 Å². The van der Waals surface area contributed by atoms with Gasteiger partial charge in [0.1, 0.15) is 11.5 Å². The third-order valence-electron chi connectivity index (χ3n) is 3.06. The SMILES string of the molecule is CCCNCc1ccc(OCCC)cc1OCCCCO. The average molecular weight is 295 g/mol. The molecule has 1 aromatic rings. The van der Waals surface area contributed by atoms with Crippen LogP contribution < -0.4 is 14.8 Å². The molecule has 0 unspecified atom stereocenters. The fourth-order valence-corrected chi connectivity index (χ4v) is 1.92. The number of rotatable bonds is 12. The Hall–Kier alpha value is -1.26. The Balaban J connectivity index is 2.64. The fraction of sp³-hybridized carbons (Fsp3) is 0.647.